The van der Waals surface area contributed by atoms with Crippen molar-refractivity contribution in [2.24, 2.45) is 4.99 Å². The fourth-order valence-corrected chi connectivity index (χ4v) is 2.35. The molecule has 1 aromatic heterocycles. The third-order valence-electron chi connectivity index (χ3n) is 3.47. The monoisotopic (exact) mass is 336 g/mol. The number of H-pyrrole nitrogens is 2. The number of hydrogen-bond donors (Lipinski definition) is 3. The summed E-state index contributed by atoms with van der Waals surface area (Å²) in [7, 11) is 0. The van der Waals surface area contributed by atoms with Gasteiger partial charge in [0.2, 0.25) is 0 Å². The van der Waals surface area contributed by atoms with E-state index in [0.717, 1.165) is 5.56 Å². The van der Waals surface area contributed by atoms with Crippen LogP contribution in [0, 0.1) is 0 Å². The van der Waals surface area contributed by atoms with Crippen molar-refractivity contribution in [3.63, 3.8) is 0 Å². The molecular weight excluding hydrogens is 325 g/mol. The third-order valence-corrected chi connectivity index (χ3v) is 3.47. The van der Waals surface area contributed by atoms with Gasteiger partial charge < -0.3 is 5.32 Å². The Morgan fingerprint density at radius 1 is 1.25 bits per heavy atom. The van der Waals surface area contributed by atoms with Crippen LogP contribution in [0.5, 0.6) is 0 Å². The Hall–Kier alpha value is -3.10. The van der Waals surface area contributed by atoms with Crippen LogP contribution in [0.4, 0.5) is 24.7 Å². The number of para-hydroxylation sites is 1. The maximum absolute atomic E-state index is 12.4. The molecule has 3 rings (SSSR count). The molecule has 0 aliphatic carbocycles. The summed E-state index contributed by atoms with van der Waals surface area (Å²) >= 11 is 0. The van der Waals surface area contributed by atoms with Crippen LogP contribution in [-0.2, 0) is 4.79 Å². The van der Waals surface area contributed by atoms with Crippen molar-refractivity contribution in [3.05, 3.63) is 45.7 Å². The van der Waals surface area contributed by atoms with Crippen LogP contribution in [0.3, 0.4) is 0 Å². The van der Waals surface area contributed by atoms with Gasteiger partial charge in [-0.3, -0.25) is 24.8 Å². The third kappa shape index (κ3) is 2.75. The highest BCUT2D eigenvalue weighted by Gasteiger charge is 2.39. The molecule has 0 bridgehead atoms. The fraction of sp³-hybridized carbons (Fsp3) is 0.133. The van der Waals surface area contributed by atoms with Crippen molar-refractivity contribution in [3.8, 4) is 0 Å². The highest BCUT2D eigenvalue weighted by Crippen LogP contribution is 2.35. The number of aromatic nitrogens is 2. The van der Waals surface area contributed by atoms with E-state index in [1.807, 2.05) is 0 Å². The zero-order chi connectivity index (χ0) is 17.5. The lowest BCUT2D eigenvalue weighted by Gasteiger charge is -2.07. The molecule has 0 spiro atoms. The Morgan fingerprint density at radius 2 is 1.96 bits per heavy atom. The molecule has 1 aliphatic heterocycles. The van der Waals surface area contributed by atoms with E-state index in [0.29, 0.717) is 17.0 Å². The number of aliphatic imine (C=N–C) groups is 1. The van der Waals surface area contributed by atoms with E-state index in [1.54, 1.807) is 36.5 Å². The molecular formula is C15H11F3N4O2. The number of amides is 1. The van der Waals surface area contributed by atoms with E-state index in [1.165, 1.54) is 6.08 Å². The number of nitrogens with zero attached hydrogens (tertiary/aromatic N) is 1. The van der Waals surface area contributed by atoms with E-state index >= 15 is 0 Å². The topological polar surface area (TPSA) is 90.1 Å². The second-order valence-corrected chi connectivity index (χ2v) is 5.09. The molecule has 0 atom stereocenters. The lowest BCUT2D eigenvalue weighted by Crippen LogP contribution is -2.30. The van der Waals surface area contributed by atoms with Gasteiger partial charge in [-0.05, 0) is 19.1 Å². The second kappa shape index (κ2) is 5.52. The van der Waals surface area contributed by atoms with Crippen LogP contribution in [0.1, 0.15) is 18.1 Å². The van der Waals surface area contributed by atoms with Crippen LogP contribution in [-0.4, -0.2) is 28.0 Å². The molecule has 0 saturated heterocycles. The molecule has 124 valence electrons. The summed E-state index contributed by atoms with van der Waals surface area (Å²) in [6.45, 7) is 1.72. The molecule has 3 N–H and O–H groups in total. The summed E-state index contributed by atoms with van der Waals surface area (Å²) in [5.74, 6) is -2.53. The predicted molar refractivity (Wildman–Crippen MR) is 83.2 cm³/mol. The fourth-order valence-electron chi connectivity index (χ4n) is 2.35. The summed E-state index contributed by atoms with van der Waals surface area (Å²) < 4.78 is 37.2. The lowest BCUT2D eigenvalue weighted by molar-refractivity contribution is -0.167. The lowest BCUT2D eigenvalue weighted by atomic mass is 10.0. The molecule has 6 nitrogen and oxygen atoms in total. The summed E-state index contributed by atoms with van der Waals surface area (Å²) in [4.78, 5) is 27.3. The van der Waals surface area contributed by atoms with Gasteiger partial charge in [-0.15, -0.1) is 0 Å². The minimum Gasteiger partial charge on any atom is -0.303 e. The van der Waals surface area contributed by atoms with Gasteiger partial charge in [-0.1, -0.05) is 18.2 Å². The predicted octanol–water partition coefficient (Wildman–Crippen LogP) is 2.85. The molecule has 1 amide bonds. The van der Waals surface area contributed by atoms with E-state index in [2.05, 4.69) is 15.2 Å². The van der Waals surface area contributed by atoms with Crippen molar-refractivity contribution >= 4 is 34.8 Å². The average molecular weight is 336 g/mol. The van der Waals surface area contributed by atoms with Crippen LogP contribution in [0.2, 0.25) is 0 Å². The molecule has 1 aliphatic rings. The summed E-state index contributed by atoms with van der Waals surface area (Å²) in [6.07, 6.45) is -3.66. The zero-order valence-electron chi connectivity index (χ0n) is 12.3. The minimum atomic E-state index is -5.06. The van der Waals surface area contributed by atoms with Gasteiger partial charge in [0, 0.05) is 16.8 Å². The van der Waals surface area contributed by atoms with Crippen LogP contribution in [0.15, 0.2) is 34.1 Å². The number of nitrogens with one attached hydrogen (secondary N) is 3. The maximum Gasteiger partial charge on any atom is 0.471 e. The molecule has 24 heavy (non-hydrogen) atoms. The molecule has 2 heterocycles. The number of rotatable bonds is 2. The van der Waals surface area contributed by atoms with E-state index in [4.69, 9.17) is 0 Å². The first-order valence-electron chi connectivity index (χ1n) is 6.83. The Morgan fingerprint density at radius 3 is 2.67 bits per heavy atom. The molecule has 2 aromatic rings. The number of aromatic amines is 2. The molecule has 0 saturated carbocycles. The van der Waals surface area contributed by atoms with E-state index < -0.39 is 17.6 Å². The Balaban J connectivity index is 2.03. The number of hydrogen-bond acceptors (Lipinski definition) is 3. The second-order valence-electron chi connectivity index (χ2n) is 5.09. The summed E-state index contributed by atoms with van der Waals surface area (Å²) in [5, 5.41) is 6.04. The SMILES string of the molecule is CC1=Nc2ccccc2C1=Cc1c(NC(=O)C(F)(F)F)[nH][nH]c1=O. The van der Waals surface area contributed by atoms with Crippen LogP contribution in [0.25, 0.3) is 11.6 Å². The number of fused-ring (bicyclic) bond motifs is 1. The standard InChI is InChI=1S/C15H11F3N4O2/c1-7-9(8-4-2-3-5-11(8)19-7)6-10-12(21-22-13(10)23)20-14(24)15(16,17)18/h2-6H,1H3,(H3,20,21,22,23,24). The Kier molecular flexibility index (Phi) is 3.63. The minimum absolute atomic E-state index is 0.117. The van der Waals surface area contributed by atoms with Gasteiger partial charge >= 0.3 is 12.1 Å². The van der Waals surface area contributed by atoms with Crippen molar-refractivity contribution in [2.75, 3.05) is 5.32 Å². The highest BCUT2D eigenvalue weighted by atomic mass is 19.4. The largest absolute Gasteiger partial charge is 0.471 e. The zero-order valence-corrected chi connectivity index (χ0v) is 12.3. The number of allylic oxidation sites excluding steroid dienone is 1. The molecule has 1 aromatic carbocycles. The first-order chi connectivity index (χ1) is 11.3. The van der Waals surface area contributed by atoms with Crippen molar-refractivity contribution in [1.29, 1.82) is 0 Å². The van der Waals surface area contributed by atoms with Crippen molar-refractivity contribution in [2.45, 2.75) is 13.1 Å². The van der Waals surface area contributed by atoms with Crippen molar-refractivity contribution in [1.82, 2.24) is 10.2 Å². The van der Waals surface area contributed by atoms with Crippen LogP contribution < -0.4 is 10.9 Å². The smallest absolute Gasteiger partial charge is 0.303 e. The number of carbonyl (C=O) groups excluding carboxylic acids is 1. The first kappa shape index (κ1) is 15.8. The molecule has 9 heteroatoms. The number of carbonyl (C=O) groups is 1. The summed E-state index contributed by atoms with van der Waals surface area (Å²) in [6, 6.07) is 7.16. The Labute approximate surface area is 133 Å². The van der Waals surface area contributed by atoms with Crippen LogP contribution >= 0.6 is 0 Å². The number of halogens is 3. The van der Waals surface area contributed by atoms with E-state index in [-0.39, 0.29) is 11.4 Å². The van der Waals surface area contributed by atoms with Gasteiger partial charge in [-0.25, -0.2) is 0 Å². The van der Waals surface area contributed by atoms with Gasteiger partial charge in [0.15, 0.2) is 0 Å². The number of anilines is 1. The van der Waals surface area contributed by atoms with Gasteiger partial charge in [-0.2, -0.15) is 13.2 Å². The highest BCUT2D eigenvalue weighted by molar-refractivity contribution is 6.31. The number of benzene rings is 1. The first-order valence-corrected chi connectivity index (χ1v) is 6.83. The average Bonchev–Trinajstić information content (AvgIpc) is 3.01. The van der Waals surface area contributed by atoms with Gasteiger partial charge in [0.05, 0.1) is 11.3 Å². The summed E-state index contributed by atoms with van der Waals surface area (Å²) in [5.41, 5.74) is 1.90. The maximum atomic E-state index is 12.4. The molecule has 0 fully saturated rings. The van der Waals surface area contributed by atoms with Gasteiger partial charge in [0.25, 0.3) is 5.56 Å². The van der Waals surface area contributed by atoms with Gasteiger partial charge in [0.1, 0.15) is 5.82 Å². The molecule has 0 unspecified atom stereocenters. The van der Waals surface area contributed by atoms with Crippen molar-refractivity contribution < 1.29 is 18.0 Å². The Bertz CT molecular complexity index is 935. The normalized spacial score (nSPS) is 15.3. The number of alkyl halides is 3. The quantitative estimate of drug-likeness (QED) is 0.787. The van der Waals surface area contributed by atoms with E-state index in [9.17, 15) is 22.8 Å². The molecule has 0 radical (unpaired) electrons.